The second kappa shape index (κ2) is 5.47. The second-order valence-corrected chi connectivity index (χ2v) is 5.32. The van der Waals surface area contributed by atoms with E-state index in [1.807, 2.05) is 26.1 Å². The zero-order valence-corrected chi connectivity index (χ0v) is 11.8. The SMILES string of the molecule is CCOc1ccc(C(NC)C2(CN)CC2)cc1Cl. The van der Waals surface area contributed by atoms with Crippen LogP contribution in [-0.4, -0.2) is 20.2 Å². The lowest BCUT2D eigenvalue weighted by atomic mass is 9.90. The van der Waals surface area contributed by atoms with Gasteiger partial charge in [-0.2, -0.15) is 0 Å². The lowest BCUT2D eigenvalue weighted by Gasteiger charge is -2.26. The predicted octanol–water partition coefficient (Wildman–Crippen LogP) is 2.74. The first-order chi connectivity index (χ1) is 8.66. The summed E-state index contributed by atoms with van der Waals surface area (Å²) >= 11 is 6.24. The molecule has 1 aromatic rings. The zero-order valence-electron chi connectivity index (χ0n) is 11.0. The van der Waals surface area contributed by atoms with Crippen molar-refractivity contribution in [1.29, 1.82) is 0 Å². The highest BCUT2D eigenvalue weighted by Crippen LogP contribution is 2.54. The van der Waals surface area contributed by atoms with Crippen molar-refractivity contribution in [1.82, 2.24) is 5.32 Å². The molecule has 1 saturated carbocycles. The smallest absolute Gasteiger partial charge is 0.137 e. The summed E-state index contributed by atoms with van der Waals surface area (Å²) in [6, 6.07) is 6.28. The number of rotatable bonds is 6. The Kier molecular flexibility index (Phi) is 4.15. The molecule has 18 heavy (non-hydrogen) atoms. The van der Waals surface area contributed by atoms with Gasteiger partial charge in [-0.25, -0.2) is 0 Å². The molecule has 0 bridgehead atoms. The number of nitrogens with two attached hydrogens (primary N) is 1. The molecule has 4 heteroatoms. The van der Waals surface area contributed by atoms with Crippen molar-refractivity contribution in [3.63, 3.8) is 0 Å². The van der Waals surface area contributed by atoms with Crippen molar-refractivity contribution in [2.75, 3.05) is 20.2 Å². The lowest BCUT2D eigenvalue weighted by molar-refractivity contribution is 0.339. The standard InChI is InChI=1S/C14H21ClN2O/c1-3-18-12-5-4-10(8-11(12)15)13(17-2)14(9-16)6-7-14/h4-5,8,13,17H,3,6-7,9,16H2,1-2H3. The van der Waals surface area contributed by atoms with Crippen LogP contribution in [0.2, 0.25) is 5.02 Å². The quantitative estimate of drug-likeness (QED) is 0.834. The Balaban J connectivity index is 2.24. The van der Waals surface area contributed by atoms with Crippen LogP contribution in [0.5, 0.6) is 5.75 Å². The van der Waals surface area contributed by atoms with Crippen molar-refractivity contribution in [3.05, 3.63) is 28.8 Å². The van der Waals surface area contributed by atoms with Gasteiger partial charge in [0.25, 0.3) is 0 Å². The minimum atomic E-state index is 0.214. The Hall–Kier alpha value is -0.770. The number of nitrogens with one attached hydrogen (secondary N) is 1. The molecular formula is C14H21ClN2O. The fraction of sp³-hybridized carbons (Fsp3) is 0.571. The molecule has 0 aliphatic heterocycles. The van der Waals surface area contributed by atoms with Crippen LogP contribution in [0.25, 0.3) is 0 Å². The van der Waals surface area contributed by atoms with Gasteiger partial charge in [0, 0.05) is 11.5 Å². The fourth-order valence-corrected chi connectivity index (χ4v) is 2.81. The monoisotopic (exact) mass is 268 g/mol. The summed E-state index contributed by atoms with van der Waals surface area (Å²) < 4.78 is 5.46. The van der Waals surface area contributed by atoms with Gasteiger partial charge in [0.15, 0.2) is 0 Å². The van der Waals surface area contributed by atoms with Gasteiger partial charge in [0.05, 0.1) is 11.6 Å². The Morgan fingerprint density at radius 2 is 2.22 bits per heavy atom. The van der Waals surface area contributed by atoms with Crippen molar-refractivity contribution in [2.24, 2.45) is 11.1 Å². The third-order valence-electron chi connectivity index (χ3n) is 3.79. The number of hydrogen-bond donors (Lipinski definition) is 2. The second-order valence-electron chi connectivity index (χ2n) is 4.91. The number of ether oxygens (including phenoxy) is 1. The molecule has 0 aromatic heterocycles. The summed E-state index contributed by atoms with van der Waals surface area (Å²) in [5.41, 5.74) is 7.30. The van der Waals surface area contributed by atoms with Crippen LogP contribution < -0.4 is 15.8 Å². The molecule has 0 saturated heterocycles. The lowest BCUT2D eigenvalue weighted by Crippen LogP contribution is -2.32. The summed E-state index contributed by atoms with van der Waals surface area (Å²) in [6.07, 6.45) is 2.36. The summed E-state index contributed by atoms with van der Waals surface area (Å²) in [4.78, 5) is 0. The third-order valence-corrected chi connectivity index (χ3v) is 4.08. The van der Waals surface area contributed by atoms with Crippen LogP contribution in [0, 0.1) is 5.41 Å². The molecule has 2 rings (SSSR count). The van der Waals surface area contributed by atoms with Crippen LogP contribution in [0.4, 0.5) is 0 Å². The average Bonchev–Trinajstić information content (AvgIpc) is 3.15. The zero-order chi connectivity index (χ0) is 13.2. The van der Waals surface area contributed by atoms with Gasteiger partial charge in [-0.1, -0.05) is 17.7 Å². The van der Waals surface area contributed by atoms with Gasteiger partial charge in [-0.15, -0.1) is 0 Å². The fourth-order valence-electron chi connectivity index (χ4n) is 2.57. The maximum absolute atomic E-state index is 6.24. The number of halogens is 1. The van der Waals surface area contributed by atoms with Gasteiger partial charge >= 0.3 is 0 Å². The maximum atomic E-state index is 6.24. The molecule has 3 N–H and O–H groups in total. The highest BCUT2D eigenvalue weighted by molar-refractivity contribution is 6.32. The topological polar surface area (TPSA) is 47.3 Å². The normalized spacial score (nSPS) is 18.4. The summed E-state index contributed by atoms with van der Waals surface area (Å²) in [6.45, 7) is 3.29. The van der Waals surface area contributed by atoms with Crippen LogP contribution in [0.15, 0.2) is 18.2 Å². The third kappa shape index (κ3) is 2.48. The minimum Gasteiger partial charge on any atom is -0.492 e. The first-order valence-corrected chi connectivity index (χ1v) is 6.84. The van der Waals surface area contributed by atoms with Gasteiger partial charge < -0.3 is 15.8 Å². The Morgan fingerprint density at radius 1 is 1.50 bits per heavy atom. The largest absolute Gasteiger partial charge is 0.492 e. The molecule has 1 aromatic carbocycles. The summed E-state index contributed by atoms with van der Waals surface area (Å²) in [5, 5.41) is 4.04. The number of benzene rings is 1. The number of hydrogen-bond acceptors (Lipinski definition) is 3. The molecule has 1 atom stereocenters. The molecule has 0 spiro atoms. The first kappa shape index (κ1) is 13.7. The van der Waals surface area contributed by atoms with E-state index in [4.69, 9.17) is 22.1 Å². The van der Waals surface area contributed by atoms with Crippen molar-refractivity contribution in [3.8, 4) is 5.75 Å². The molecule has 1 aliphatic rings. The highest BCUT2D eigenvalue weighted by atomic mass is 35.5. The molecule has 100 valence electrons. The predicted molar refractivity (Wildman–Crippen MR) is 75.1 cm³/mol. The molecule has 3 nitrogen and oxygen atoms in total. The minimum absolute atomic E-state index is 0.214. The molecule has 0 amide bonds. The molecular weight excluding hydrogens is 248 g/mol. The van der Waals surface area contributed by atoms with E-state index in [1.54, 1.807) is 0 Å². The van der Waals surface area contributed by atoms with E-state index in [2.05, 4.69) is 11.4 Å². The van der Waals surface area contributed by atoms with Crippen LogP contribution in [-0.2, 0) is 0 Å². The van der Waals surface area contributed by atoms with Crippen LogP contribution in [0.3, 0.4) is 0 Å². The van der Waals surface area contributed by atoms with Crippen molar-refractivity contribution >= 4 is 11.6 Å². The Labute approximate surface area is 114 Å². The van der Waals surface area contributed by atoms with Gasteiger partial charge in [-0.3, -0.25) is 0 Å². The van der Waals surface area contributed by atoms with E-state index >= 15 is 0 Å². The Bertz CT molecular complexity index is 418. The maximum Gasteiger partial charge on any atom is 0.137 e. The van der Waals surface area contributed by atoms with E-state index in [-0.39, 0.29) is 11.5 Å². The molecule has 0 heterocycles. The van der Waals surface area contributed by atoms with Gasteiger partial charge in [0.2, 0.25) is 0 Å². The first-order valence-electron chi connectivity index (χ1n) is 6.46. The van der Waals surface area contributed by atoms with Gasteiger partial charge in [0.1, 0.15) is 5.75 Å². The summed E-state index contributed by atoms with van der Waals surface area (Å²) in [5.74, 6) is 0.746. The van der Waals surface area contributed by atoms with Crippen LogP contribution in [0.1, 0.15) is 31.4 Å². The van der Waals surface area contributed by atoms with E-state index < -0.39 is 0 Å². The van der Waals surface area contributed by atoms with E-state index in [0.717, 1.165) is 5.75 Å². The van der Waals surface area contributed by atoms with E-state index in [1.165, 1.54) is 18.4 Å². The van der Waals surface area contributed by atoms with E-state index in [0.29, 0.717) is 18.2 Å². The van der Waals surface area contributed by atoms with E-state index in [9.17, 15) is 0 Å². The molecule has 0 radical (unpaired) electrons. The van der Waals surface area contributed by atoms with Gasteiger partial charge in [-0.05, 0) is 51.1 Å². The molecule has 1 fully saturated rings. The average molecular weight is 269 g/mol. The van der Waals surface area contributed by atoms with Crippen molar-refractivity contribution < 1.29 is 4.74 Å². The molecule has 1 unspecified atom stereocenters. The highest BCUT2D eigenvalue weighted by Gasteiger charge is 2.48. The van der Waals surface area contributed by atoms with Crippen LogP contribution >= 0.6 is 11.6 Å². The molecule has 1 aliphatic carbocycles. The van der Waals surface area contributed by atoms with Crippen molar-refractivity contribution in [2.45, 2.75) is 25.8 Å². The summed E-state index contributed by atoms with van der Waals surface area (Å²) in [7, 11) is 1.98. The Morgan fingerprint density at radius 3 is 2.67 bits per heavy atom.